The van der Waals surface area contributed by atoms with Crippen LogP contribution >= 0.6 is 0 Å². The van der Waals surface area contributed by atoms with E-state index in [1.807, 2.05) is 31.2 Å². The quantitative estimate of drug-likeness (QED) is 0.647. The van der Waals surface area contributed by atoms with Gasteiger partial charge >= 0.3 is 0 Å². The first-order valence-electron chi connectivity index (χ1n) is 5.15. The summed E-state index contributed by atoms with van der Waals surface area (Å²) in [5.74, 6) is 1.96. The van der Waals surface area contributed by atoms with Crippen molar-refractivity contribution in [2.45, 2.75) is 26.2 Å². The van der Waals surface area contributed by atoms with Crippen molar-refractivity contribution in [3.05, 3.63) is 41.3 Å². The predicted molar refractivity (Wildman–Crippen MR) is 55.0 cm³/mol. The number of Topliss-reactive ketones (excluding diaryl/α,β-unsaturated/α-hetero) is 1. The summed E-state index contributed by atoms with van der Waals surface area (Å²) in [5, 5.41) is 0. The highest BCUT2D eigenvalue weighted by atomic mass is 16.1. The molecular weight excluding hydrogens is 172 g/mol. The van der Waals surface area contributed by atoms with E-state index in [0.717, 1.165) is 24.8 Å². The molecule has 1 radical (unpaired) electrons. The van der Waals surface area contributed by atoms with Gasteiger partial charge in [-0.05, 0) is 32.1 Å². The lowest BCUT2D eigenvalue weighted by molar-refractivity contribution is 0.0245. The standard InChI is InChI=1S/C13H13O/c1-9-2-4-11(5-3-9)12(14)13-6-10(7-13)8-13/h2-5H,6-8H2,1H3. The van der Waals surface area contributed by atoms with Crippen molar-refractivity contribution in [1.29, 1.82) is 0 Å². The summed E-state index contributed by atoms with van der Waals surface area (Å²) in [7, 11) is 0. The van der Waals surface area contributed by atoms with Gasteiger partial charge in [-0.1, -0.05) is 29.8 Å². The van der Waals surface area contributed by atoms with E-state index in [9.17, 15) is 4.79 Å². The van der Waals surface area contributed by atoms with Crippen LogP contribution < -0.4 is 0 Å². The van der Waals surface area contributed by atoms with Crippen LogP contribution in [0.3, 0.4) is 0 Å². The maximum atomic E-state index is 12.1. The minimum atomic E-state index is 0.0462. The molecule has 0 N–H and O–H groups in total. The van der Waals surface area contributed by atoms with E-state index in [4.69, 9.17) is 0 Å². The number of ketones is 1. The summed E-state index contributed by atoms with van der Waals surface area (Å²) in [5.41, 5.74) is 2.16. The van der Waals surface area contributed by atoms with Crippen molar-refractivity contribution in [1.82, 2.24) is 0 Å². The Kier molecular flexibility index (Phi) is 1.45. The molecule has 0 heterocycles. The number of hydrogen-bond donors (Lipinski definition) is 0. The van der Waals surface area contributed by atoms with Crippen molar-refractivity contribution < 1.29 is 4.79 Å². The van der Waals surface area contributed by atoms with Gasteiger partial charge in [0.15, 0.2) is 5.78 Å². The van der Waals surface area contributed by atoms with Gasteiger partial charge in [0.25, 0.3) is 0 Å². The Morgan fingerprint density at radius 2 is 1.71 bits per heavy atom. The fourth-order valence-electron chi connectivity index (χ4n) is 2.53. The lowest BCUT2D eigenvalue weighted by atomic mass is 9.42. The molecule has 71 valence electrons. The van der Waals surface area contributed by atoms with E-state index in [2.05, 4.69) is 0 Å². The second-order valence-electron chi connectivity index (χ2n) is 4.76. The largest absolute Gasteiger partial charge is 0.294 e. The van der Waals surface area contributed by atoms with Crippen LogP contribution in [-0.4, -0.2) is 5.78 Å². The van der Waals surface area contributed by atoms with Crippen molar-refractivity contribution in [3.8, 4) is 0 Å². The van der Waals surface area contributed by atoms with Gasteiger partial charge in [0.05, 0.1) is 0 Å². The number of carbonyl (C=O) groups excluding carboxylic acids is 1. The summed E-state index contributed by atoms with van der Waals surface area (Å²) in [6, 6.07) is 7.96. The molecule has 3 fully saturated rings. The number of rotatable bonds is 2. The van der Waals surface area contributed by atoms with Gasteiger partial charge in [-0.3, -0.25) is 4.79 Å². The molecule has 0 aromatic heterocycles. The van der Waals surface area contributed by atoms with Gasteiger partial charge in [-0.15, -0.1) is 0 Å². The molecule has 1 aromatic carbocycles. The molecule has 3 aliphatic rings. The highest BCUT2D eigenvalue weighted by Crippen LogP contribution is 2.67. The summed E-state index contributed by atoms with van der Waals surface area (Å²) in [6.45, 7) is 2.05. The third-order valence-electron chi connectivity index (χ3n) is 3.56. The molecule has 0 saturated heterocycles. The van der Waals surface area contributed by atoms with E-state index < -0.39 is 0 Å². The maximum absolute atomic E-state index is 12.1. The SMILES string of the molecule is Cc1ccc(C(=O)C23C[C](C2)C3)cc1. The molecule has 0 unspecified atom stereocenters. The zero-order valence-corrected chi connectivity index (χ0v) is 8.34. The number of aryl methyl sites for hydroxylation is 1. The molecule has 4 rings (SSSR count). The van der Waals surface area contributed by atoms with Gasteiger partial charge in [-0.25, -0.2) is 0 Å². The van der Waals surface area contributed by atoms with E-state index >= 15 is 0 Å². The lowest BCUT2D eigenvalue weighted by Crippen LogP contribution is -2.55. The Labute approximate surface area is 84.1 Å². The Morgan fingerprint density at radius 3 is 2.14 bits per heavy atom. The van der Waals surface area contributed by atoms with Gasteiger partial charge in [0.2, 0.25) is 0 Å². The molecule has 3 saturated carbocycles. The fourth-order valence-corrected chi connectivity index (χ4v) is 2.53. The van der Waals surface area contributed by atoms with Crippen LogP contribution in [0.5, 0.6) is 0 Å². The summed E-state index contributed by atoms with van der Waals surface area (Å²) < 4.78 is 0. The topological polar surface area (TPSA) is 17.1 Å². The number of hydrogen-bond acceptors (Lipinski definition) is 1. The van der Waals surface area contributed by atoms with Crippen LogP contribution in [0.25, 0.3) is 0 Å². The van der Waals surface area contributed by atoms with Crippen LogP contribution in [0.1, 0.15) is 35.2 Å². The molecular formula is C13H13O. The van der Waals surface area contributed by atoms with Crippen molar-refractivity contribution >= 4 is 5.78 Å². The first kappa shape index (κ1) is 8.22. The predicted octanol–water partition coefficient (Wildman–Crippen LogP) is 2.94. The molecule has 1 heteroatoms. The zero-order valence-electron chi connectivity index (χ0n) is 8.34. The minimum absolute atomic E-state index is 0.0462. The average molecular weight is 185 g/mol. The summed E-state index contributed by atoms with van der Waals surface area (Å²) >= 11 is 0. The highest BCUT2D eigenvalue weighted by molar-refractivity contribution is 6.03. The van der Waals surface area contributed by atoms with Gasteiger partial charge < -0.3 is 0 Å². The molecule has 0 spiro atoms. The van der Waals surface area contributed by atoms with Crippen LogP contribution in [0.2, 0.25) is 0 Å². The molecule has 0 aliphatic heterocycles. The third-order valence-corrected chi connectivity index (χ3v) is 3.56. The second kappa shape index (κ2) is 2.47. The highest BCUT2D eigenvalue weighted by Gasteiger charge is 2.61. The third kappa shape index (κ3) is 0.927. The van der Waals surface area contributed by atoms with Crippen molar-refractivity contribution in [2.24, 2.45) is 5.41 Å². The Balaban J connectivity index is 1.88. The molecule has 3 aliphatic carbocycles. The van der Waals surface area contributed by atoms with Crippen LogP contribution in [0.15, 0.2) is 24.3 Å². The second-order valence-corrected chi connectivity index (χ2v) is 4.76. The fraction of sp³-hybridized carbons (Fsp3) is 0.385. The van der Waals surface area contributed by atoms with Crippen molar-refractivity contribution in [2.75, 3.05) is 0 Å². The monoisotopic (exact) mass is 185 g/mol. The molecule has 2 bridgehead atoms. The van der Waals surface area contributed by atoms with E-state index in [1.165, 1.54) is 5.56 Å². The van der Waals surface area contributed by atoms with Gasteiger partial charge in [0, 0.05) is 11.0 Å². The summed E-state index contributed by atoms with van der Waals surface area (Å²) in [6.07, 6.45) is 3.21. The van der Waals surface area contributed by atoms with Crippen LogP contribution in [0.4, 0.5) is 0 Å². The smallest absolute Gasteiger partial charge is 0.169 e. The van der Waals surface area contributed by atoms with E-state index in [-0.39, 0.29) is 5.41 Å². The van der Waals surface area contributed by atoms with Crippen molar-refractivity contribution in [3.63, 3.8) is 0 Å². The molecule has 14 heavy (non-hydrogen) atoms. The van der Waals surface area contributed by atoms with E-state index in [1.54, 1.807) is 5.92 Å². The summed E-state index contributed by atoms with van der Waals surface area (Å²) in [4.78, 5) is 12.1. The number of carbonyl (C=O) groups is 1. The Morgan fingerprint density at radius 1 is 1.14 bits per heavy atom. The Bertz CT molecular complexity index is 371. The molecule has 0 amide bonds. The minimum Gasteiger partial charge on any atom is -0.294 e. The van der Waals surface area contributed by atoms with Gasteiger partial charge in [-0.2, -0.15) is 0 Å². The Hall–Kier alpha value is -1.11. The lowest BCUT2D eigenvalue weighted by Gasteiger charge is -2.60. The van der Waals surface area contributed by atoms with E-state index in [0.29, 0.717) is 5.78 Å². The zero-order chi connectivity index (χ0) is 9.76. The first-order valence-corrected chi connectivity index (χ1v) is 5.15. The molecule has 0 atom stereocenters. The molecule has 1 nitrogen and oxygen atoms in total. The molecule has 1 aromatic rings. The first-order chi connectivity index (χ1) is 6.70. The van der Waals surface area contributed by atoms with Gasteiger partial charge in [0.1, 0.15) is 0 Å². The maximum Gasteiger partial charge on any atom is 0.169 e. The van der Waals surface area contributed by atoms with Crippen LogP contribution in [0, 0.1) is 18.3 Å². The normalized spacial score (nSPS) is 22.4. The average Bonchev–Trinajstić information content (AvgIpc) is 1.99. The number of benzene rings is 1. The van der Waals surface area contributed by atoms with Crippen LogP contribution in [-0.2, 0) is 0 Å².